The first-order valence-electron chi connectivity index (χ1n) is 7.35. The molecular formula is C14H23ClN4. The summed E-state index contributed by atoms with van der Waals surface area (Å²) in [5, 5.41) is 8.92. The molecule has 4 nitrogen and oxygen atoms in total. The molecule has 0 amide bonds. The van der Waals surface area contributed by atoms with Gasteiger partial charge >= 0.3 is 0 Å². The van der Waals surface area contributed by atoms with Gasteiger partial charge in [0.2, 0.25) is 0 Å². The molecule has 5 heteroatoms. The normalized spacial score (nSPS) is 27.7. The van der Waals surface area contributed by atoms with Crippen LogP contribution in [0.15, 0.2) is 0 Å². The Balaban J connectivity index is 1.79. The molecule has 0 bridgehead atoms. The summed E-state index contributed by atoms with van der Waals surface area (Å²) in [5.41, 5.74) is 2.20. The quantitative estimate of drug-likeness (QED) is 0.918. The van der Waals surface area contributed by atoms with E-state index < -0.39 is 0 Å². The topological polar surface area (TPSA) is 33.1 Å². The van der Waals surface area contributed by atoms with Crippen LogP contribution in [0.4, 0.5) is 0 Å². The lowest BCUT2D eigenvalue weighted by Crippen LogP contribution is -2.44. The number of aryl methyl sites for hydroxylation is 2. The maximum absolute atomic E-state index is 6.47. The third kappa shape index (κ3) is 2.41. The number of piperidine rings is 1. The zero-order chi connectivity index (χ0) is 13.4. The summed E-state index contributed by atoms with van der Waals surface area (Å²) in [7, 11) is 2.01. The Labute approximate surface area is 120 Å². The maximum atomic E-state index is 6.47. The van der Waals surface area contributed by atoms with Gasteiger partial charge in [-0.2, -0.15) is 5.10 Å². The Bertz CT molecular complexity index is 457. The first kappa shape index (κ1) is 13.4. The van der Waals surface area contributed by atoms with Gasteiger partial charge in [0.15, 0.2) is 0 Å². The third-order valence-corrected chi connectivity index (χ3v) is 5.09. The van der Waals surface area contributed by atoms with E-state index in [9.17, 15) is 0 Å². The van der Waals surface area contributed by atoms with Crippen LogP contribution in [0.3, 0.4) is 0 Å². The van der Waals surface area contributed by atoms with E-state index in [4.69, 9.17) is 11.6 Å². The molecule has 2 saturated heterocycles. The molecule has 106 valence electrons. The average molecular weight is 283 g/mol. The Hall–Kier alpha value is -0.580. The Morgan fingerprint density at radius 2 is 2.26 bits per heavy atom. The van der Waals surface area contributed by atoms with Crippen LogP contribution in [0.25, 0.3) is 0 Å². The molecule has 0 aliphatic carbocycles. The summed E-state index contributed by atoms with van der Waals surface area (Å²) in [6, 6.07) is 0.685. The second-order valence-electron chi connectivity index (χ2n) is 5.78. The number of nitrogens with one attached hydrogen (secondary N) is 1. The summed E-state index contributed by atoms with van der Waals surface area (Å²) in [6.45, 7) is 6.54. The molecule has 2 atom stereocenters. The van der Waals surface area contributed by atoms with Gasteiger partial charge < -0.3 is 5.32 Å². The van der Waals surface area contributed by atoms with Crippen LogP contribution < -0.4 is 5.32 Å². The molecule has 3 rings (SSSR count). The number of fused-ring (bicyclic) bond motifs is 1. The fourth-order valence-corrected chi connectivity index (χ4v) is 3.90. The Kier molecular flexibility index (Phi) is 3.83. The van der Waals surface area contributed by atoms with Gasteiger partial charge in [-0.15, -0.1) is 0 Å². The molecule has 2 aliphatic rings. The molecule has 2 unspecified atom stereocenters. The monoisotopic (exact) mass is 282 g/mol. The minimum Gasteiger partial charge on any atom is -0.315 e. The molecule has 19 heavy (non-hydrogen) atoms. The molecule has 2 fully saturated rings. The molecule has 0 spiro atoms. The standard InChI is InChI=1S/C14H23ClN4/c1-3-11-14(15)13(18(2)17-11)9-19-6-4-5-10-7-16-8-12(10)19/h10,12,16H,3-9H2,1-2H3. The number of nitrogens with zero attached hydrogens (tertiary/aromatic N) is 3. The van der Waals surface area contributed by atoms with E-state index in [-0.39, 0.29) is 0 Å². The van der Waals surface area contributed by atoms with Crippen molar-refractivity contribution in [3.05, 3.63) is 16.4 Å². The van der Waals surface area contributed by atoms with Crippen molar-refractivity contribution in [2.75, 3.05) is 19.6 Å². The van der Waals surface area contributed by atoms with Crippen LogP contribution in [-0.4, -0.2) is 40.4 Å². The van der Waals surface area contributed by atoms with Crippen molar-refractivity contribution >= 4 is 11.6 Å². The zero-order valence-electron chi connectivity index (χ0n) is 11.8. The van der Waals surface area contributed by atoms with Crippen molar-refractivity contribution in [3.63, 3.8) is 0 Å². The Morgan fingerprint density at radius 1 is 1.42 bits per heavy atom. The van der Waals surface area contributed by atoms with Crippen LogP contribution in [-0.2, 0) is 20.0 Å². The molecule has 1 aromatic heterocycles. The van der Waals surface area contributed by atoms with E-state index in [0.717, 1.165) is 36.1 Å². The molecule has 2 aliphatic heterocycles. The highest BCUT2D eigenvalue weighted by atomic mass is 35.5. The molecular weight excluding hydrogens is 260 g/mol. The van der Waals surface area contributed by atoms with Gasteiger partial charge in [-0.25, -0.2) is 0 Å². The second kappa shape index (κ2) is 5.43. The van der Waals surface area contributed by atoms with Crippen molar-refractivity contribution in [2.45, 2.75) is 38.8 Å². The molecule has 0 radical (unpaired) electrons. The summed E-state index contributed by atoms with van der Waals surface area (Å²) in [5.74, 6) is 0.825. The molecule has 3 heterocycles. The largest absolute Gasteiger partial charge is 0.315 e. The highest BCUT2D eigenvalue weighted by molar-refractivity contribution is 6.31. The highest BCUT2D eigenvalue weighted by Gasteiger charge is 2.35. The van der Waals surface area contributed by atoms with Gasteiger partial charge in [0.05, 0.1) is 16.4 Å². The van der Waals surface area contributed by atoms with E-state index in [1.165, 1.54) is 31.6 Å². The number of hydrogen-bond acceptors (Lipinski definition) is 3. The van der Waals surface area contributed by atoms with Gasteiger partial charge in [0.25, 0.3) is 0 Å². The fraction of sp³-hybridized carbons (Fsp3) is 0.786. The summed E-state index contributed by atoms with van der Waals surface area (Å²) in [6.07, 6.45) is 3.58. The van der Waals surface area contributed by atoms with E-state index in [1.54, 1.807) is 0 Å². The summed E-state index contributed by atoms with van der Waals surface area (Å²) >= 11 is 6.47. The van der Waals surface area contributed by atoms with Gasteiger partial charge in [0.1, 0.15) is 0 Å². The lowest BCUT2D eigenvalue weighted by molar-refractivity contribution is 0.114. The molecule has 0 aromatic carbocycles. The van der Waals surface area contributed by atoms with Gasteiger partial charge in [-0.05, 0) is 38.3 Å². The smallest absolute Gasteiger partial charge is 0.0863 e. The van der Waals surface area contributed by atoms with Crippen LogP contribution >= 0.6 is 11.6 Å². The predicted octanol–water partition coefficient (Wildman–Crippen LogP) is 1.82. The minimum absolute atomic E-state index is 0.685. The predicted molar refractivity (Wildman–Crippen MR) is 77.4 cm³/mol. The van der Waals surface area contributed by atoms with Crippen LogP contribution in [0, 0.1) is 5.92 Å². The van der Waals surface area contributed by atoms with Crippen molar-refractivity contribution < 1.29 is 0 Å². The van der Waals surface area contributed by atoms with Gasteiger partial charge in [-0.1, -0.05) is 18.5 Å². The molecule has 1 N–H and O–H groups in total. The van der Waals surface area contributed by atoms with Crippen molar-refractivity contribution in [3.8, 4) is 0 Å². The maximum Gasteiger partial charge on any atom is 0.0863 e. The minimum atomic E-state index is 0.685. The van der Waals surface area contributed by atoms with E-state index in [0.29, 0.717) is 6.04 Å². The molecule has 0 saturated carbocycles. The first-order valence-corrected chi connectivity index (χ1v) is 7.73. The van der Waals surface area contributed by atoms with Gasteiger partial charge in [-0.3, -0.25) is 9.58 Å². The SMILES string of the molecule is CCc1nn(C)c(CN2CCCC3CNCC32)c1Cl. The average Bonchev–Trinajstić information content (AvgIpc) is 2.98. The zero-order valence-corrected chi connectivity index (χ0v) is 12.6. The van der Waals surface area contributed by atoms with E-state index in [1.807, 2.05) is 11.7 Å². The second-order valence-corrected chi connectivity index (χ2v) is 6.16. The van der Waals surface area contributed by atoms with Gasteiger partial charge in [0, 0.05) is 26.2 Å². The lowest BCUT2D eigenvalue weighted by Gasteiger charge is -2.37. The highest BCUT2D eigenvalue weighted by Crippen LogP contribution is 2.30. The Morgan fingerprint density at radius 3 is 3.00 bits per heavy atom. The van der Waals surface area contributed by atoms with E-state index in [2.05, 4.69) is 22.2 Å². The number of likely N-dealkylation sites (tertiary alicyclic amines) is 1. The summed E-state index contributed by atoms with van der Waals surface area (Å²) in [4.78, 5) is 2.59. The van der Waals surface area contributed by atoms with Crippen LogP contribution in [0.1, 0.15) is 31.2 Å². The third-order valence-electron chi connectivity index (χ3n) is 4.65. The van der Waals surface area contributed by atoms with Crippen molar-refractivity contribution in [1.29, 1.82) is 0 Å². The fourth-order valence-electron chi connectivity index (χ4n) is 3.54. The number of halogens is 1. The number of rotatable bonds is 3. The first-order chi connectivity index (χ1) is 9.20. The van der Waals surface area contributed by atoms with E-state index >= 15 is 0 Å². The van der Waals surface area contributed by atoms with Crippen molar-refractivity contribution in [2.24, 2.45) is 13.0 Å². The van der Waals surface area contributed by atoms with Crippen LogP contribution in [0.5, 0.6) is 0 Å². The number of aromatic nitrogens is 2. The number of hydrogen-bond donors (Lipinski definition) is 1. The van der Waals surface area contributed by atoms with Crippen molar-refractivity contribution in [1.82, 2.24) is 20.0 Å². The lowest BCUT2D eigenvalue weighted by atomic mass is 9.92. The van der Waals surface area contributed by atoms with Crippen LogP contribution in [0.2, 0.25) is 5.02 Å². The molecule has 1 aromatic rings. The summed E-state index contributed by atoms with van der Waals surface area (Å²) < 4.78 is 1.97.